The number of nitrogens with one attached hydrogen (secondary N) is 1. The van der Waals surface area contributed by atoms with Crippen molar-refractivity contribution < 1.29 is 18.3 Å². The molecule has 0 aliphatic carbocycles. The number of pyridine rings is 2. The van der Waals surface area contributed by atoms with Gasteiger partial charge in [0.2, 0.25) is 5.88 Å². The molecule has 0 aliphatic heterocycles. The van der Waals surface area contributed by atoms with Gasteiger partial charge in [-0.15, -0.1) is 0 Å². The fraction of sp³-hybridized carbons (Fsp3) is 0.267. The van der Waals surface area contributed by atoms with Crippen LogP contribution in [0, 0.1) is 0 Å². The van der Waals surface area contributed by atoms with Crippen LogP contribution >= 0.6 is 0 Å². The van der Waals surface area contributed by atoms with E-state index in [-0.39, 0.29) is 18.3 Å². The number of carbonyl (C=O) groups is 1. The maximum Gasteiger partial charge on any atom is 0.278 e. The molecule has 2 rings (SSSR count). The summed E-state index contributed by atoms with van der Waals surface area (Å²) in [5.41, 5.74) is 1.24. The summed E-state index contributed by atoms with van der Waals surface area (Å²) in [7, 11) is 0. The molecule has 1 N–H and O–H groups in total. The topological polar surface area (TPSA) is 64.1 Å². The van der Waals surface area contributed by atoms with Crippen molar-refractivity contribution in [3.05, 3.63) is 54.0 Å². The Labute approximate surface area is 126 Å². The molecule has 0 unspecified atom stereocenters. The SMILES string of the molecule is CC(F)(F)COc1ccc(CNC(=O)c2ccncc2)cn1. The van der Waals surface area contributed by atoms with Crippen LogP contribution in [0.4, 0.5) is 8.78 Å². The zero-order valence-electron chi connectivity index (χ0n) is 11.9. The van der Waals surface area contributed by atoms with Crippen LogP contribution in [0.2, 0.25) is 0 Å². The van der Waals surface area contributed by atoms with Crippen molar-refractivity contribution in [3.8, 4) is 5.88 Å². The highest BCUT2D eigenvalue weighted by molar-refractivity contribution is 5.93. The summed E-state index contributed by atoms with van der Waals surface area (Å²) in [6.07, 6.45) is 4.54. The Balaban J connectivity index is 1.85. The number of carbonyl (C=O) groups excluding carboxylic acids is 1. The third-order valence-electron chi connectivity index (χ3n) is 2.67. The summed E-state index contributed by atoms with van der Waals surface area (Å²) < 4.78 is 30.2. The van der Waals surface area contributed by atoms with E-state index < -0.39 is 12.5 Å². The van der Waals surface area contributed by atoms with E-state index in [0.717, 1.165) is 12.5 Å². The molecule has 2 heterocycles. The van der Waals surface area contributed by atoms with Crippen molar-refractivity contribution in [2.75, 3.05) is 6.61 Å². The van der Waals surface area contributed by atoms with Crippen LogP contribution in [0.5, 0.6) is 5.88 Å². The van der Waals surface area contributed by atoms with Gasteiger partial charge in [-0.25, -0.2) is 13.8 Å². The van der Waals surface area contributed by atoms with Gasteiger partial charge in [-0.3, -0.25) is 9.78 Å². The summed E-state index contributed by atoms with van der Waals surface area (Å²) in [6, 6.07) is 6.35. The Morgan fingerprint density at radius 2 is 2.00 bits per heavy atom. The molecular formula is C15H15F2N3O2. The van der Waals surface area contributed by atoms with Crippen LogP contribution in [0.3, 0.4) is 0 Å². The molecule has 5 nitrogen and oxygen atoms in total. The summed E-state index contributed by atoms with van der Waals surface area (Å²) in [4.78, 5) is 19.6. The molecule has 0 atom stereocenters. The van der Waals surface area contributed by atoms with E-state index in [9.17, 15) is 13.6 Å². The molecule has 0 saturated heterocycles. The fourth-order valence-corrected chi connectivity index (χ4v) is 1.59. The highest BCUT2D eigenvalue weighted by atomic mass is 19.3. The maximum absolute atomic E-state index is 12.7. The smallest absolute Gasteiger partial charge is 0.278 e. The third-order valence-corrected chi connectivity index (χ3v) is 2.67. The second-order valence-corrected chi connectivity index (χ2v) is 4.78. The van der Waals surface area contributed by atoms with Crippen molar-refractivity contribution >= 4 is 5.91 Å². The largest absolute Gasteiger partial charge is 0.471 e. The minimum absolute atomic E-state index is 0.116. The highest BCUT2D eigenvalue weighted by Crippen LogP contribution is 2.15. The monoisotopic (exact) mass is 307 g/mol. The van der Waals surface area contributed by atoms with Crippen molar-refractivity contribution in [1.29, 1.82) is 0 Å². The number of aromatic nitrogens is 2. The number of nitrogens with zero attached hydrogens (tertiary/aromatic N) is 2. The standard InChI is InChI=1S/C15H15F2N3O2/c1-15(16,17)10-22-13-3-2-11(8-19-13)9-20-14(21)12-4-6-18-7-5-12/h2-8H,9-10H2,1H3,(H,20,21). The van der Waals surface area contributed by atoms with Crippen molar-refractivity contribution in [2.45, 2.75) is 19.4 Å². The van der Waals surface area contributed by atoms with Gasteiger partial charge in [0.15, 0.2) is 6.61 Å². The number of ether oxygens (including phenoxy) is 1. The van der Waals surface area contributed by atoms with Gasteiger partial charge < -0.3 is 10.1 Å². The molecule has 0 aromatic carbocycles. The fourth-order valence-electron chi connectivity index (χ4n) is 1.59. The van der Waals surface area contributed by atoms with E-state index >= 15 is 0 Å². The van der Waals surface area contributed by atoms with E-state index in [1.165, 1.54) is 24.7 Å². The van der Waals surface area contributed by atoms with E-state index in [1.807, 2.05) is 0 Å². The van der Waals surface area contributed by atoms with Gasteiger partial charge in [-0.05, 0) is 17.7 Å². The van der Waals surface area contributed by atoms with E-state index in [4.69, 9.17) is 4.74 Å². The van der Waals surface area contributed by atoms with Gasteiger partial charge in [0, 0.05) is 43.7 Å². The maximum atomic E-state index is 12.7. The highest BCUT2D eigenvalue weighted by Gasteiger charge is 2.22. The molecular weight excluding hydrogens is 292 g/mol. The molecule has 22 heavy (non-hydrogen) atoms. The second-order valence-electron chi connectivity index (χ2n) is 4.78. The zero-order valence-corrected chi connectivity index (χ0v) is 11.9. The van der Waals surface area contributed by atoms with Crippen LogP contribution in [0.1, 0.15) is 22.8 Å². The van der Waals surface area contributed by atoms with Gasteiger partial charge in [0.25, 0.3) is 11.8 Å². The summed E-state index contributed by atoms with van der Waals surface area (Å²) >= 11 is 0. The molecule has 0 bridgehead atoms. The first-order valence-corrected chi connectivity index (χ1v) is 6.58. The predicted molar refractivity (Wildman–Crippen MR) is 75.8 cm³/mol. The molecule has 0 aliphatic rings. The lowest BCUT2D eigenvalue weighted by Crippen LogP contribution is -2.23. The van der Waals surface area contributed by atoms with Crippen LogP contribution in [-0.2, 0) is 6.54 Å². The Hall–Kier alpha value is -2.57. The van der Waals surface area contributed by atoms with E-state index in [2.05, 4.69) is 15.3 Å². The Morgan fingerprint density at radius 3 is 2.59 bits per heavy atom. The van der Waals surface area contributed by atoms with Crippen molar-refractivity contribution in [1.82, 2.24) is 15.3 Å². The van der Waals surface area contributed by atoms with Gasteiger partial charge in [-0.1, -0.05) is 6.07 Å². The minimum Gasteiger partial charge on any atom is -0.471 e. The molecule has 2 aromatic rings. The lowest BCUT2D eigenvalue weighted by Gasteiger charge is -2.11. The number of amides is 1. The Kier molecular flexibility index (Phi) is 4.98. The first-order valence-electron chi connectivity index (χ1n) is 6.58. The van der Waals surface area contributed by atoms with Crippen molar-refractivity contribution in [2.24, 2.45) is 0 Å². The average molecular weight is 307 g/mol. The third kappa shape index (κ3) is 5.08. The van der Waals surface area contributed by atoms with Crippen LogP contribution in [0.15, 0.2) is 42.9 Å². The quantitative estimate of drug-likeness (QED) is 0.890. The lowest BCUT2D eigenvalue weighted by atomic mass is 10.2. The van der Waals surface area contributed by atoms with Crippen molar-refractivity contribution in [3.63, 3.8) is 0 Å². The molecule has 0 fully saturated rings. The molecule has 0 saturated carbocycles. The van der Waals surface area contributed by atoms with Crippen LogP contribution in [-0.4, -0.2) is 28.4 Å². The van der Waals surface area contributed by atoms with Gasteiger partial charge in [-0.2, -0.15) is 0 Å². The van der Waals surface area contributed by atoms with Crippen LogP contribution in [0.25, 0.3) is 0 Å². The summed E-state index contributed by atoms with van der Waals surface area (Å²) in [6.45, 7) is 0.326. The Morgan fingerprint density at radius 1 is 1.27 bits per heavy atom. The average Bonchev–Trinajstić information content (AvgIpc) is 2.52. The molecule has 0 spiro atoms. The number of hydrogen-bond acceptors (Lipinski definition) is 4. The molecule has 0 radical (unpaired) electrons. The number of halogens is 2. The van der Waals surface area contributed by atoms with E-state index in [0.29, 0.717) is 5.56 Å². The zero-order chi connectivity index (χ0) is 16.0. The van der Waals surface area contributed by atoms with Gasteiger partial charge in [0.1, 0.15) is 0 Å². The molecule has 2 aromatic heterocycles. The summed E-state index contributed by atoms with van der Waals surface area (Å²) in [5, 5.41) is 2.72. The van der Waals surface area contributed by atoms with Gasteiger partial charge in [0.05, 0.1) is 0 Å². The first kappa shape index (κ1) is 15.8. The lowest BCUT2D eigenvalue weighted by molar-refractivity contribution is -0.0242. The second kappa shape index (κ2) is 6.93. The first-order chi connectivity index (χ1) is 10.4. The molecule has 7 heteroatoms. The van der Waals surface area contributed by atoms with Crippen LogP contribution < -0.4 is 10.1 Å². The van der Waals surface area contributed by atoms with E-state index in [1.54, 1.807) is 18.2 Å². The minimum atomic E-state index is -2.90. The normalized spacial score (nSPS) is 11.0. The van der Waals surface area contributed by atoms with Gasteiger partial charge >= 0.3 is 0 Å². The number of rotatable bonds is 6. The number of alkyl halides is 2. The number of hydrogen-bond donors (Lipinski definition) is 1. The Bertz CT molecular complexity index is 613. The molecule has 1 amide bonds. The predicted octanol–water partition coefficient (Wildman–Crippen LogP) is 2.44. The summed E-state index contributed by atoms with van der Waals surface area (Å²) in [5.74, 6) is -3.02. The molecule has 116 valence electrons.